The third-order valence-corrected chi connectivity index (χ3v) is 5.59. The molecule has 1 aromatic heterocycles. The Morgan fingerprint density at radius 3 is 2.42 bits per heavy atom. The summed E-state index contributed by atoms with van der Waals surface area (Å²) in [6.07, 6.45) is 4.58. The second-order valence-electron chi connectivity index (χ2n) is 6.29. The van der Waals surface area contributed by atoms with Crippen LogP contribution < -0.4 is 10.6 Å². The molecule has 0 spiro atoms. The molecule has 0 unspecified atom stereocenters. The summed E-state index contributed by atoms with van der Waals surface area (Å²) in [6.45, 7) is 0.645. The van der Waals surface area contributed by atoms with E-state index in [0.717, 1.165) is 12.8 Å². The van der Waals surface area contributed by atoms with Gasteiger partial charge in [-0.3, -0.25) is 9.59 Å². The van der Waals surface area contributed by atoms with E-state index in [4.69, 9.17) is 0 Å². The summed E-state index contributed by atoms with van der Waals surface area (Å²) < 4.78 is 0. The molecule has 2 N–H and O–H groups in total. The summed E-state index contributed by atoms with van der Waals surface area (Å²) >= 11 is 1.37. The highest BCUT2D eigenvalue weighted by atomic mass is 32.1. The molecule has 2 amide bonds. The maximum atomic E-state index is 12.1. The van der Waals surface area contributed by atoms with Crippen molar-refractivity contribution < 1.29 is 9.59 Å². The molecule has 1 fully saturated rings. The van der Waals surface area contributed by atoms with Gasteiger partial charge in [0.2, 0.25) is 5.91 Å². The van der Waals surface area contributed by atoms with Gasteiger partial charge in [-0.2, -0.15) is 0 Å². The molecule has 5 heteroatoms. The lowest BCUT2D eigenvalue weighted by Gasteiger charge is -2.30. The Hall–Kier alpha value is -2.14. The first-order chi connectivity index (χ1) is 11.7. The summed E-state index contributed by atoms with van der Waals surface area (Å²) in [7, 11) is 0. The fourth-order valence-corrected chi connectivity index (χ4v) is 4.04. The molecule has 4 nitrogen and oxygen atoms in total. The Morgan fingerprint density at radius 1 is 1.00 bits per heavy atom. The summed E-state index contributed by atoms with van der Waals surface area (Å²) in [5.41, 5.74) is 1.33. The van der Waals surface area contributed by atoms with Crippen molar-refractivity contribution in [2.45, 2.75) is 31.1 Å². The smallest absolute Gasteiger partial charge is 0.261 e. The van der Waals surface area contributed by atoms with Crippen LogP contribution in [0.3, 0.4) is 0 Å². The van der Waals surface area contributed by atoms with E-state index in [1.54, 1.807) is 6.07 Å². The van der Waals surface area contributed by atoms with E-state index in [-0.39, 0.29) is 23.8 Å². The van der Waals surface area contributed by atoms with Crippen LogP contribution in [0.5, 0.6) is 0 Å². The van der Waals surface area contributed by atoms with Crippen molar-refractivity contribution in [3.63, 3.8) is 0 Å². The maximum absolute atomic E-state index is 12.1. The lowest BCUT2D eigenvalue weighted by atomic mass is 9.79. The average Bonchev–Trinajstić information content (AvgIpc) is 3.31. The van der Waals surface area contributed by atoms with Gasteiger partial charge >= 0.3 is 0 Å². The first-order valence-electron chi connectivity index (χ1n) is 8.34. The number of carbonyl (C=O) groups is 2. The Balaban J connectivity index is 1.53. The van der Waals surface area contributed by atoms with Gasteiger partial charge in [0.15, 0.2) is 0 Å². The van der Waals surface area contributed by atoms with Gasteiger partial charge in [0.05, 0.1) is 11.4 Å². The van der Waals surface area contributed by atoms with Crippen LogP contribution in [0.2, 0.25) is 0 Å². The van der Waals surface area contributed by atoms with Gasteiger partial charge in [-0.15, -0.1) is 11.3 Å². The molecule has 3 rings (SSSR count). The van der Waals surface area contributed by atoms with Crippen molar-refractivity contribution in [1.29, 1.82) is 0 Å². The molecule has 126 valence electrons. The topological polar surface area (TPSA) is 58.2 Å². The predicted octanol–water partition coefficient (Wildman–Crippen LogP) is 3.11. The Kier molecular flexibility index (Phi) is 5.30. The minimum Gasteiger partial charge on any atom is -0.354 e. The fourth-order valence-electron chi connectivity index (χ4n) is 3.40. The molecule has 0 saturated heterocycles. The monoisotopic (exact) mass is 342 g/mol. The fraction of sp³-hybridized carbons (Fsp3) is 0.368. The molecule has 0 radical (unpaired) electrons. The van der Waals surface area contributed by atoms with Crippen molar-refractivity contribution >= 4 is 23.2 Å². The van der Waals surface area contributed by atoms with E-state index < -0.39 is 0 Å². The van der Waals surface area contributed by atoms with Crippen LogP contribution in [0.25, 0.3) is 0 Å². The van der Waals surface area contributed by atoms with E-state index in [9.17, 15) is 9.59 Å². The maximum Gasteiger partial charge on any atom is 0.261 e. The van der Waals surface area contributed by atoms with Crippen molar-refractivity contribution in [3.05, 3.63) is 58.3 Å². The van der Waals surface area contributed by atoms with E-state index in [0.29, 0.717) is 11.4 Å². The molecule has 2 aromatic rings. The van der Waals surface area contributed by atoms with Gasteiger partial charge in [-0.1, -0.05) is 49.2 Å². The first-order valence-corrected chi connectivity index (χ1v) is 9.22. The molecule has 0 aliphatic heterocycles. The zero-order valence-corrected chi connectivity index (χ0v) is 14.4. The molecule has 1 aliphatic carbocycles. The molecule has 1 saturated carbocycles. The van der Waals surface area contributed by atoms with Crippen LogP contribution in [0, 0.1) is 0 Å². The van der Waals surface area contributed by atoms with Gasteiger partial charge in [0.25, 0.3) is 5.91 Å². The van der Waals surface area contributed by atoms with Crippen LogP contribution >= 0.6 is 11.3 Å². The molecule has 1 aromatic carbocycles. The lowest BCUT2D eigenvalue weighted by Crippen LogP contribution is -2.43. The molecule has 1 heterocycles. The summed E-state index contributed by atoms with van der Waals surface area (Å²) in [5, 5.41) is 7.53. The zero-order chi connectivity index (χ0) is 16.8. The van der Waals surface area contributed by atoms with Crippen molar-refractivity contribution in [3.8, 4) is 0 Å². The zero-order valence-electron chi connectivity index (χ0n) is 13.6. The van der Waals surface area contributed by atoms with Gasteiger partial charge in [-0.25, -0.2) is 0 Å². The Morgan fingerprint density at radius 2 is 1.75 bits per heavy atom. The van der Waals surface area contributed by atoms with Gasteiger partial charge in [0.1, 0.15) is 0 Å². The van der Waals surface area contributed by atoms with Gasteiger partial charge < -0.3 is 10.6 Å². The van der Waals surface area contributed by atoms with Crippen LogP contribution in [0.1, 0.15) is 40.9 Å². The normalized spacial score (nSPS) is 15.8. The number of rotatable bonds is 6. The van der Waals surface area contributed by atoms with Gasteiger partial charge in [0, 0.05) is 12.0 Å². The number of amides is 2. The van der Waals surface area contributed by atoms with E-state index in [2.05, 4.69) is 34.9 Å². The summed E-state index contributed by atoms with van der Waals surface area (Å²) in [6, 6.07) is 14.0. The van der Waals surface area contributed by atoms with Crippen LogP contribution in [-0.4, -0.2) is 24.9 Å². The number of thiophene rings is 1. The Bertz CT molecular complexity index is 677. The molecule has 24 heavy (non-hydrogen) atoms. The van der Waals surface area contributed by atoms with Crippen molar-refractivity contribution in [2.24, 2.45) is 0 Å². The first kappa shape index (κ1) is 16.7. The number of hydrogen-bond acceptors (Lipinski definition) is 3. The second kappa shape index (κ2) is 7.62. The van der Waals surface area contributed by atoms with E-state index in [1.165, 1.54) is 29.7 Å². The molecule has 0 bridgehead atoms. The van der Waals surface area contributed by atoms with Crippen molar-refractivity contribution in [1.82, 2.24) is 10.6 Å². The van der Waals surface area contributed by atoms with E-state index in [1.807, 2.05) is 17.5 Å². The highest BCUT2D eigenvalue weighted by Crippen LogP contribution is 2.40. The number of nitrogens with one attached hydrogen (secondary N) is 2. The average molecular weight is 342 g/mol. The minimum absolute atomic E-state index is 0.0155. The predicted molar refractivity (Wildman–Crippen MR) is 96.2 cm³/mol. The summed E-state index contributed by atoms with van der Waals surface area (Å²) in [4.78, 5) is 24.6. The lowest BCUT2D eigenvalue weighted by molar-refractivity contribution is -0.120. The van der Waals surface area contributed by atoms with Crippen LogP contribution in [0.15, 0.2) is 47.8 Å². The SMILES string of the molecule is O=C(CNC(=O)c1cccs1)NCC1(c2ccccc2)CCCC1. The number of carbonyl (C=O) groups excluding carboxylic acids is 2. The highest BCUT2D eigenvalue weighted by molar-refractivity contribution is 7.12. The molecule has 0 atom stereocenters. The van der Waals surface area contributed by atoms with Crippen LogP contribution in [-0.2, 0) is 10.2 Å². The largest absolute Gasteiger partial charge is 0.354 e. The van der Waals surface area contributed by atoms with E-state index >= 15 is 0 Å². The van der Waals surface area contributed by atoms with Crippen LogP contribution in [0.4, 0.5) is 0 Å². The quantitative estimate of drug-likeness (QED) is 0.847. The number of hydrogen-bond donors (Lipinski definition) is 2. The summed E-state index contributed by atoms with van der Waals surface area (Å²) in [5.74, 6) is -0.332. The third kappa shape index (κ3) is 3.85. The molecule has 1 aliphatic rings. The van der Waals surface area contributed by atoms with Gasteiger partial charge in [-0.05, 0) is 29.9 Å². The second-order valence-corrected chi connectivity index (χ2v) is 7.24. The highest BCUT2D eigenvalue weighted by Gasteiger charge is 2.35. The molecular weight excluding hydrogens is 320 g/mol. The van der Waals surface area contributed by atoms with Crippen molar-refractivity contribution in [2.75, 3.05) is 13.1 Å². The Labute approximate surface area is 146 Å². The third-order valence-electron chi connectivity index (χ3n) is 4.73. The number of benzene rings is 1. The standard InChI is InChI=1S/C19H22N2O2S/c22-17(13-20-18(23)16-9-6-12-24-16)21-14-19(10-4-5-11-19)15-7-2-1-3-8-15/h1-3,6-9,12H,4-5,10-11,13-14H2,(H,20,23)(H,21,22). The minimum atomic E-state index is -0.196. The molecular formula is C19H22N2O2S.